The summed E-state index contributed by atoms with van der Waals surface area (Å²) in [5.41, 5.74) is 0.0918. The molecule has 6 heteroatoms. The topological polar surface area (TPSA) is 64.9 Å². The molecule has 18 heavy (non-hydrogen) atoms. The van der Waals surface area contributed by atoms with Crippen LogP contribution in [0.2, 0.25) is 0 Å². The van der Waals surface area contributed by atoms with Crippen molar-refractivity contribution in [1.29, 1.82) is 5.26 Å². The number of nitriles is 1. The van der Waals surface area contributed by atoms with Gasteiger partial charge >= 0.3 is 0 Å². The largest absolute Gasteiger partial charge is 0.323 e. The molecule has 0 radical (unpaired) electrons. The number of amides is 1. The van der Waals surface area contributed by atoms with Crippen molar-refractivity contribution in [2.24, 2.45) is 0 Å². The summed E-state index contributed by atoms with van der Waals surface area (Å²) in [5.74, 6) is 0.807. The van der Waals surface area contributed by atoms with Crippen LogP contribution in [0.4, 0.5) is 10.1 Å². The van der Waals surface area contributed by atoms with Crippen LogP contribution < -0.4 is 10.6 Å². The first-order valence-corrected chi connectivity index (χ1v) is 6.68. The number of carbonyl (C=O) groups is 1. The fourth-order valence-corrected chi connectivity index (χ4v) is 2.63. The van der Waals surface area contributed by atoms with Crippen LogP contribution in [0.3, 0.4) is 0 Å². The number of hydrogen-bond acceptors (Lipinski definition) is 4. The van der Waals surface area contributed by atoms with E-state index in [2.05, 4.69) is 10.6 Å². The van der Waals surface area contributed by atoms with E-state index < -0.39 is 5.82 Å². The van der Waals surface area contributed by atoms with E-state index >= 15 is 0 Å². The molecule has 1 fully saturated rings. The second kappa shape index (κ2) is 5.85. The Morgan fingerprint density at radius 2 is 2.44 bits per heavy atom. The maximum Gasteiger partial charge on any atom is 0.242 e. The van der Waals surface area contributed by atoms with Gasteiger partial charge in [-0.2, -0.15) is 17.0 Å². The molecule has 1 atom stereocenters. The van der Waals surface area contributed by atoms with Crippen LogP contribution in [0.1, 0.15) is 5.56 Å². The molecular weight excluding hydrogens is 253 g/mol. The fraction of sp³-hybridized carbons (Fsp3) is 0.333. The van der Waals surface area contributed by atoms with Crippen LogP contribution in [-0.2, 0) is 4.79 Å². The Morgan fingerprint density at radius 3 is 3.11 bits per heavy atom. The molecule has 1 aromatic rings. The minimum absolute atomic E-state index is 0.130. The van der Waals surface area contributed by atoms with Gasteiger partial charge in [-0.1, -0.05) is 6.07 Å². The Kier molecular flexibility index (Phi) is 4.18. The van der Waals surface area contributed by atoms with E-state index in [1.54, 1.807) is 17.8 Å². The highest BCUT2D eigenvalue weighted by atomic mass is 32.2. The van der Waals surface area contributed by atoms with E-state index in [-0.39, 0.29) is 23.2 Å². The maximum atomic E-state index is 13.3. The summed E-state index contributed by atoms with van der Waals surface area (Å²) in [6.45, 7) is 0.775. The molecular formula is C12H12FN3OS. The zero-order chi connectivity index (χ0) is 13.0. The van der Waals surface area contributed by atoms with Crippen LogP contribution in [0.5, 0.6) is 0 Å². The molecule has 0 aliphatic carbocycles. The van der Waals surface area contributed by atoms with Gasteiger partial charge in [0.2, 0.25) is 5.91 Å². The summed E-state index contributed by atoms with van der Waals surface area (Å²) in [7, 11) is 0. The minimum atomic E-state index is -0.624. The van der Waals surface area contributed by atoms with Gasteiger partial charge in [0.15, 0.2) is 0 Å². The predicted octanol–water partition coefficient (Wildman–Crippen LogP) is 1.34. The van der Waals surface area contributed by atoms with Gasteiger partial charge in [-0.15, -0.1) is 0 Å². The Balaban J connectivity index is 2.12. The average Bonchev–Trinajstić information content (AvgIpc) is 2.40. The van der Waals surface area contributed by atoms with E-state index in [0.29, 0.717) is 5.75 Å². The molecule has 1 aliphatic heterocycles. The third kappa shape index (κ3) is 2.81. The zero-order valence-corrected chi connectivity index (χ0v) is 10.4. The number of halogens is 1. The van der Waals surface area contributed by atoms with Crippen molar-refractivity contribution in [3.05, 3.63) is 29.6 Å². The molecule has 94 valence electrons. The van der Waals surface area contributed by atoms with Gasteiger partial charge in [-0.05, 0) is 12.1 Å². The van der Waals surface area contributed by atoms with Crippen molar-refractivity contribution in [3.8, 4) is 6.07 Å². The molecule has 1 aliphatic rings. The van der Waals surface area contributed by atoms with Gasteiger partial charge in [-0.25, -0.2) is 4.39 Å². The smallest absolute Gasteiger partial charge is 0.242 e. The van der Waals surface area contributed by atoms with Crippen molar-refractivity contribution >= 4 is 23.4 Å². The second-order valence-electron chi connectivity index (χ2n) is 3.85. The highest BCUT2D eigenvalue weighted by Crippen LogP contribution is 2.18. The third-order valence-corrected chi connectivity index (χ3v) is 3.68. The molecule has 0 spiro atoms. The number of thioether (sulfide) groups is 1. The van der Waals surface area contributed by atoms with Gasteiger partial charge in [0.05, 0.1) is 11.7 Å². The molecule has 1 aromatic carbocycles. The number of rotatable bonds is 2. The summed E-state index contributed by atoms with van der Waals surface area (Å²) in [5, 5.41) is 14.5. The van der Waals surface area contributed by atoms with Gasteiger partial charge in [0.25, 0.3) is 0 Å². The molecule has 1 unspecified atom stereocenters. The number of carbonyl (C=O) groups excluding carboxylic acids is 1. The Hall–Kier alpha value is -1.58. The van der Waals surface area contributed by atoms with Gasteiger partial charge in [-0.3, -0.25) is 4.79 Å². The maximum absolute atomic E-state index is 13.3. The summed E-state index contributed by atoms with van der Waals surface area (Å²) < 4.78 is 13.3. The van der Waals surface area contributed by atoms with Crippen LogP contribution >= 0.6 is 11.8 Å². The molecule has 2 N–H and O–H groups in total. The van der Waals surface area contributed by atoms with Gasteiger partial charge in [0.1, 0.15) is 17.4 Å². The molecule has 0 saturated carbocycles. The minimum Gasteiger partial charge on any atom is -0.323 e. The molecule has 1 amide bonds. The van der Waals surface area contributed by atoms with Crippen molar-refractivity contribution in [2.75, 3.05) is 23.4 Å². The lowest BCUT2D eigenvalue weighted by Gasteiger charge is -2.22. The summed E-state index contributed by atoms with van der Waals surface area (Å²) in [6.07, 6.45) is 0. The lowest BCUT2D eigenvalue weighted by Crippen LogP contribution is -2.46. The van der Waals surface area contributed by atoms with E-state index in [9.17, 15) is 9.18 Å². The number of nitrogens with one attached hydrogen (secondary N) is 2. The van der Waals surface area contributed by atoms with Crippen molar-refractivity contribution in [3.63, 3.8) is 0 Å². The normalized spacial score (nSPS) is 19.0. The van der Waals surface area contributed by atoms with Gasteiger partial charge < -0.3 is 10.6 Å². The standard InChI is InChI=1S/C12H12FN3OS/c13-9-2-1-3-10(8(9)6-14)16-12(17)11-7-18-5-4-15-11/h1-3,11,15H,4-5,7H2,(H,16,17). The molecule has 1 heterocycles. The summed E-state index contributed by atoms with van der Waals surface area (Å²) >= 11 is 1.69. The average molecular weight is 265 g/mol. The molecule has 2 rings (SSSR count). The van der Waals surface area contributed by atoms with Crippen molar-refractivity contribution < 1.29 is 9.18 Å². The quantitative estimate of drug-likeness (QED) is 0.847. The van der Waals surface area contributed by atoms with E-state index in [4.69, 9.17) is 5.26 Å². The highest BCUT2D eigenvalue weighted by Gasteiger charge is 2.22. The van der Waals surface area contributed by atoms with E-state index in [1.807, 2.05) is 0 Å². The predicted molar refractivity (Wildman–Crippen MR) is 68.9 cm³/mol. The van der Waals surface area contributed by atoms with Crippen molar-refractivity contribution in [1.82, 2.24) is 5.32 Å². The second-order valence-corrected chi connectivity index (χ2v) is 4.99. The summed E-state index contributed by atoms with van der Waals surface area (Å²) in [6, 6.07) is 5.65. The lowest BCUT2D eigenvalue weighted by atomic mass is 10.1. The van der Waals surface area contributed by atoms with Crippen LogP contribution in [0.25, 0.3) is 0 Å². The van der Waals surface area contributed by atoms with E-state index in [0.717, 1.165) is 12.3 Å². The Morgan fingerprint density at radius 1 is 1.61 bits per heavy atom. The first-order chi connectivity index (χ1) is 8.72. The first-order valence-electron chi connectivity index (χ1n) is 5.53. The lowest BCUT2D eigenvalue weighted by molar-refractivity contribution is -0.117. The monoisotopic (exact) mass is 265 g/mol. The molecule has 1 saturated heterocycles. The number of hydrogen-bond donors (Lipinski definition) is 2. The molecule has 0 bridgehead atoms. The number of nitrogens with zero attached hydrogens (tertiary/aromatic N) is 1. The number of benzene rings is 1. The van der Waals surface area contributed by atoms with Crippen LogP contribution in [0.15, 0.2) is 18.2 Å². The Labute approximate surface area is 109 Å². The SMILES string of the molecule is N#Cc1c(F)cccc1NC(=O)C1CSCCN1. The van der Waals surface area contributed by atoms with E-state index in [1.165, 1.54) is 18.2 Å². The van der Waals surface area contributed by atoms with Crippen LogP contribution in [0, 0.1) is 17.1 Å². The fourth-order valence-electron chi connectivity index (χ4n) is 1.70. The first kappa shape index (κ1) is 12.9. The molecule has 4 nitrogen and oxygen atoms in total. The zero-order valence-electron chi connectivity index (χ0n) is 9.57. The van der Waals surface area contributed by atoms with Gasteiger partial charge in [0, 0.05) is 18.1 Å². The molecule has 0 aromatic heterocycles. The highest BCUT2D eigenvalue weighted by molar-refractivity contribution is 7.99. The van der Waals surface area contributed by atoms with Crippen LogP contribution in [-0.4, -0.2) is 30.0 Å². The van der Waals surface area contributed by atoms with Crippen molar-refractivity contribution in [2.45, 2.75) is 6.04 Å². The number of anilines is 1. The third-order valence-electron chi connectivity index (χ3n) is 2.62. The Bertz CT molecular complexity index is 495. The summed E-state index contributed by atoms with van der Waals surface area (Å²) in [4.78, 5) is 11.9.